The number of amides is 3. The minimum atomic E-state index is -0.777. The van der Waals surface area contributed by atoms with Gasteiger partial charge in [0.15, 0.2) is 11.5 Å². The first kappa shape index (κ1) is 22.5. The number of carbonyl (C=O) groups excluding carboxylic acids is 3. The van der Waals surface area contributed by atoms with Crippen molar-refractivity contribution in [2.75, 3.05) is 17.7 Å². The molecule has 1 aliphatic heterocycles. The third-order valence-corrected chi connectivity index (χ3v) is 5.60. The van der Waals surface area contributed by atoms with E-state index in [2.05, 4.69) is 15.3 Å². The number of nitrogens with zero attached hydrogens (tertiary/aromatic N) is 5. The molecule has 3 aromatic rings. The van der Waals surface area contributed by atoms with Crippen molar-refractivity contribution in [2.45, 2.75) is 25.3 Å². The lowest BCUT2D eigenvalue weighted by Crippen LogP contribution is -2.33. The van der Waals surface area contributed by atoms with Gasteiger partial charge in [0.1, 0.15) is 17.9 Å². The third-order valence-electron chi connectivity index (χ3n) is 5.60. The Kier molecular flexibility index (Phi) is 6.22. The molecule has 3 amide bonds. The van der Waals surface area contributed by atoms with Gasteiger partial charge in [-0.15, -0.1) is 0 Å². The Morgan fingerprint density at radius 2 is 1.94 bits per heavy atom. The minimum absolute atomic E-state index is 0.0136. The molecule has 172 valence electrons. The highest BCUT2D eigenvalue weighted by molar-refractivity contribution is 6.04. The van der Waals surface area contributed by atoms with E-state index < -0.39 is 11.9 Å². The second-order valence-electron chi connectivity index (χ2n) is 7.73. The van der Waals surface area contributed by atoms with Crippen molar-refractivity contribution in [1.29, 1.82) is 5.26 Å². The van der Waals surface area contributed by atoms with Gasteiger partial charge in [-0.3, -0.25) is 14.4 Å². The molecule has 1 aromatic carbocycles. The van der Waals surface area contributed by atoms with Gasteiger partial charge >= 0.3 is 0 Å². The molecular formula is C23H22N8O3. The molecule has 1 fully saturated rings. The smallest absolute Gasteiger partial charge is 0.269 e. The fourth-order valence-electron chi connectivity index (χ4n) is 4.03. The third kappa shape index (κ3) is 4.29. The topological polar surface area (TPSA) is 173 Å². The van der Waals surface area contributed by atoms with Gasteiger partial charge in [-0.1, -0.05) is 18.2 Å². The molecule has 11 nitrogen and oxygen atoms in total. The van der Waals surface area contributed by atoms with Crippen LogP contribution < -0.4 is 16.9 Å². The van der Waals surface area contributed by atoms with Crippen LogP contribution in [0.1, 0.15) is 52.0 Å². The summed E-state index contributed by atoms with van der Waals surface area (Å²) in [7, 11) is 0. The van der Waals surface area contributed by atoms with Crippen molar-refractivity contribution in [3.05, 3.63) is 65.7 Å². The molecule has 0 radical (unpaired) electrons. The predicted molar refractivity (Wildman–Crippen MR) is 122 cm³/mol. The summed E-state index contributed by atoms with van der Waals surface area (Å²) in [6.45, 7) is 0.472. The van der Waals surface area contributed by atoms with Gasteiger partial charge in [-0.25, -0.2) is 14.6 Å². The number of rotatable bonds is 6. The molecule has 1 saturated heterocycles. The van der Waals surface area contributed by atoms with Crippen molar-refractivity contribution >= 4 is 23.5 Å². The van der Waals surface area contributed by atoms with Crippen LogP contribution in [0.15, 0.2) is 48.7 Å². The highest BCUT2D eigenvalue weighted by Gasteiger charge is 2.35. The Morgan fingerprint density at radius 3 is 2.59 bits per heavy atom. The Hall–Kier alpha value is -4.72. The van der Waals surface area contributed by atoms with Crippen LogP contribution in [-0.4, -0.2) is 43.8 Å². The van der Waals surface area contributed by atoms with Crippen molar-refractivity contribution < 1.29 is 14.4 Å². The zero-order chi connectivity index (χ0) is 24.2. The number of aromatic nitrogens is 3. The molecule has 0 saturated carbocycles. The van der Waals surface area contributed by atoms with Gasteiger partial charge in [-0.05, 0) is 37.1 Å². The van der Waals surface area contributed by atoms with E-state index >= 15 is 0 Å². The van der Waals surface area contributed by atoms with Crippen LogP contribution in [0.4, 0.5) is 5.82 Å². The van der Waals surface area contributed by atoms with Crippen LogP contribution in [0.5, 0.6) is 0 Å². The summed E-state index contributed by atoms with van der Waals surface area (Å²) in [6, 6.07) is 13.0. The van der Waals surface area contributed by atoms with E-state index in [1.807, 2.05) is 6.07 Å². The first-order valence-electron chi connectivity index (χ1n) is 10.6. The standard InChI is InChI=1S/C23H22N8O3/c24-11-10-18(32)30-13-3-4-16(30)22-29-19(20(21(25)33)31(22)26)14-6-8-15(9-7-14)23(34)28-17-5-1-2-12-27-17/h1-2,5-9,12,16H,3-4,10,13,26H2,(H2,25,33)(H,27,28,34). The fraction of sp³-hybridized carbons (Fsp3) is 0.217. The van der Waals surface area contributed by atoms with E-state index in [0.29, 0.717) is 35.7 Å². The number of carbonyl (C=O) groups is 3. The van der Waals surface area contributed by atoms with Crippen LogP contribution in [0.2, 0.25) is 0 Å². The summed E-state index contributed by atoms with van der Waals surface area (Å²) in [4.78, 5) is 47.3. The SMILES string of the molecule is N#CCC(=O)N1CCCC1c1nc(-c2ccc(C(=O)Nc3ccccn3)cc2)c(C(N)=O)n1N. The van der Waals surface area contributed by atoms with Crippen molar-refractivity contribution in [3.8, 4) is 17.3 Å². The maximum atomic E-state index is 12.5. The molecular weight excluding hydrogens is 436 g/mol. The number of primary amides is 1. The van der Waals surface area contributed by atoms with Crippen LogP contribution in [-0.2, 0) is 4.79 Å². The molecule has 1 unspecified atom stereocenters. The number of likely N-dealkylation sites (tertiary alicyclic amines) is 1. The Morgan fingerprint density at radius 1 is 1.18 bits per heavy atom. The quantitative estimate of drug-likeness (QED) is 0.470. The lowest BCUT2D eigenvalue weighted by Gasteiger charge is -2.23. The maximum Gasteiger partial charge on any atom is 0.269 e. The van der Waals surface area contributed by atoms with Crippen LogP contribution in [0.3, 0.4) is 0 Å². The number of anilines is 1. The molecule has 11 heteroatoms. The number of nitrogens with two attached hydrogens (primary N) is 2. The second-order valence-corrected chi connectivity index (χ2v) is 7.73. The number of imidazole rings is 1. The first-order chi connectivity index (χ1) is 16.4. The average molecular weight is 458 g/mol. The Labute approximate surface area is 195 Å². The number of nitrogens with one attached hydrogen (secondary N) is 1. The Balaban J connectivity index is 1.64. The van der Waals surface area contributed by atoms with Crippen LogP contribution >= 0.6 is 0 Å². The van der Waals surface area contributed by atoms with E-state index in [0.717, 1.165) is 11.1 Å². The number of nitriles is 1. The monoisotopic (exact) mass is 458 g/mol. The summed E-state index contributed by atoms with van der Waals surface area (Å²) in [5, 5.41) is 11.6. The Bertz CT molecular complexity index is 1280. The summed E-state index contributed by atoms with van der Waals surface area (Å²) in [5.74, 6) is 5.49. The molecule has 34 heavy (non-hydrogen) atoms. The molecule has 0 aliphatic carbocycles. The molecule has 0 bridgehead atoms. The van der Waals surface area contributed by atoms with E-state index in [9.17, 15) is 14.4 Å². The van der Waals surface area contributed by atoms with E-state index in [1.165, 1.54) is 0 Å². The second kappa shape index (κ2) is 9.41. The minimum Gasteiger partial charge on any atom is -0.364 e. The highest BCUT2D eigenvalue weighted by Crippen LogP contribution is 2.34. The highest BCUT2D eigenvalue weighted by atomic mass is 16.2. The van der Waals surface area contributed by atoms with Gasteiger partial charge in [-0.2, -0.15) is 5.26 Å². The number of pyridine rings is 1. The van der Waals surface area contributed by atoms with Crippen molar-refractivity contribution in [1.82, 2.24) is 19.5 Å². The van der Waals surface area contributed by atoms with E-state index in [-0.39, 0.29) is 29.6 Å². The molecule has 0 spiro atoms. The summed E-state index contributed by atoms with van der Waals surface area (Å²) in [5.41, 5.74) is 6.74. The van der Waals surface area contributed by atoms with Crippen molar-refractivity contribution in [2.24, 2.45) is 5.73 Å². The van der Waals surface area contributed by atoms with Gasteiger partial charge in [0.2, 0.25) is 5.91 Å². The molecule has 5 N–H and O–H groups in total. The predicted octanol–water partition coefficient (Wildman–Crippen LogP) is 1.59. The van der Waals surface area contributed by atoms with Gasteiger partial charge < -0.3 is 21.8 Å². The van der Waals surface area contributed by atoms with Gasteiger partial charge in [0, 0.05) is 23.9 Å². The largest absolute Gasteiger partial charge is 0.364 e. The summed E-state index contributed by atoms with van der Waals surface area (Å²) in [6.07, 6.45) is 2.63. The summed E-state index contributed by atoms with van der Waals surface area (Å²) < 4.78 is 1.11. The van der Waals surface area contributed by atoms with Crippen molar-refractivity contribution in [3.63, 3.8) is 0 Å². The van der Waals surface area contributed by atoms with E-state index in [4.69, 9.17) is 16.8 Å². The lowest BCUT2D eigenvalue weighted by molar-refractivity contribution is -0.131. The molecule has 1 aliphatic rings. The zero-order valence-corrected chi connectivity index (χ0v) is 18.1. The average Bonchev–Trinajstić information content (AvgIpc) is 3.44. The number of hydrogen-bond donors (Lipinski definition) is 3. The summed E-state index contributed by atoms with van der Waals surface area (Å²) >= 11 is 0. The fourth-order valence-corrected chi connectivity index (χ4v) is 4.03. The normalized spacial score (nSPS) is 15.0. The number of benzene rings is 1. The first-order valence-corrected chi connectivity index (χ1v) is 10.6. The van der Waals surface area contributed by atoms with E-state index in [1.54, 1.807) is 53.6 Å². The number of hydrogen-bond acceptors (Lipinski definition) is 7. The lowest BCUT2D eigenvalue weighted by atomic mass is 10.1. The molecule has 2 aromatic heterocycles. The molecule has 3 heterocycles. The van der Waals surface area contributed by atoms with Crippen LogP contribution in [0, 0.1) is 11.3 Å². The zero-order valence-electron chi connectivity index (χ0n) is 18.1. The maximum absolute atomic E-state index is 12.5. The molecule has 4 rings (SSSR count). The van der Waals surface area contributed by atoms with Crippen LogP contribution in [0.25, 0.3) is 11.3 Å². The number of nitrogen functional groups attached to an aromatic ring is 1. The van der Waals surface area contributed by atoms with Gasteiger partial charge in [0.25, 0.3) is 11.8 Å². The molecule has 1 atom stereocenters. The van der Waals surface area contributed by atoms with Gasteiger partial charge in [0.05, 0.1) is 12.1 Å².